The zero-order valence-electron chi connectivity index (χ0n) is 18.8. The molecule has 3 aromatic carbocycles. The number of nitrogens with one attached hydrogen (secondary N) is 2. The predicted octanol–water partition coefficient (Wildman–Crippen LogP) is 5.58. The number of para-hydroxylation sites is 1. The molecule has 2 N–H and O–H groups in total. The summed E-state index contributed by atoms with van der Waals surface area (Å²) in [6.07, 6.45) is 0. The van der Waals surface area contributed by atoms with Crippen LogP contribution in [-0.4, -0.2) is 33.5 Å². The predicted molar refractivity (Wildman–Crippen MR) is 137 cm³/mol. The first-order valence-corrected chi connectivity index (χ1v) is 12.0. The van der Waals surface area contributed by atoms with Crippen molar-refractivity contribution in [2.24, 2.45) is 0 Å². The number of carbonyl (C=O) groups is 1. The molecule has 1 amide bonds. The molecule has 34 heavy (non-hydrogen) atoms. The van der Waals surface area contributed by atoms with Gasteiger partial charge >= 0.3 is 0 Å². The van der Waals surface area contributed by atoms with Gasteiger partial charge in [0.1, 0.15) is 5.75 Å². The van der Waals surface area contributed by atoms with Crippen molar-refractivity contribution in [3.8, 4) is 11.4 Å². The van der Waals surface area contributed by atoms with E-state index in [2.05, 4.69) is 26.9 Å². The number of carbonyl (C=O) groups excluding carboxylic acids is 1. The minimum absolute atomic E-state index is 0.168. The number of aromatic nitrogens is 3. The Balaban J connectivity index is 1.51. The number of benzene rings is 3. The number of hydrogen-bond acceptors (Lipinski definition) is 6. The second-order valence-electron chi connectivity index (χ2n) is 7.47. The van der Waals surface area contributed by atoms with Crippen LogP contribution in [0.4, 0.5) is 11.4 Å². The summed E-state index contributed by atoms with van der Waals surface area (Å²) < 4.78 is 7.19. The number of amides is 1. The highest BCUT2D eigenvalue weighted by Crippen LogP contribution is 2.25. The van der Waals surface area contributed by atoms with Crippen LogP contribution in [0.2, 0.25) is 5.02 Å². The molecule has 0 saturated carbocycles. The summed E-state index contributed by atoms with van der Waals surface area (Å²) in [5.41, 5.74) is 3.57. The maximum Gasteiger partial charge on any atom is 0.234 e. The molecule has 0 aliphatic rings. The fourth-order valence-corrected chi connectivity index (χ4v) is 4.26. The number of hydrogen-bond donors (Lipinski definition) is 2. The van der Waals surface area contributed by atoms with E-state index in [4.69, 9.17) is 16.3 Å². The molecule has 0 aliphatic carbocycles. The fourth-order valence-electron chi connectivity index (χ4n) is 3.30. The Morgan fingerprint density at radius 2 is 1.85 bits per heavy atom. The van der Waals surface area contributed by atoms with Crippen molar-refractivity contribution in [3.63, 3.8) is 0 Å². The van der Waals surface area contributed by atoms with Gasteiger partial charge in [-0.15, -0.1) is 10.2 Å². The molecular weight excluding hydrogens is 470 g/mol. The first-order valence-electron chi connectivity index (χ1n) is 10.6. The van der Waals surface area contributed by atoms with Crippen molar-refractivity contribution < 1.29 is 9.53 Å². The lowest BCUT2D eigenvalue weighted by Gasteiger charge is -2.12. The van der Waals surface area contributed by atoms with E-state index in [-0.39, 0.29) is 11.7 Å². The zero-order valence-corrected chi connectivity index (χ0v) is 20.4. The van der Waals surface area contributed by atoms with Gasteiger partial charge in [-0.25, -0.2) is 0 Å². The van der Waals surface area contributed by atoms with E-state index in [1.165, 1.54) is 11.8 Å². The highest BCUT2D eigenvalue weighted by atomic mass is 35.5. The summed E-state index contributed by atoms with van der Waals surface area (Å²) in [5.74, 6) is 1.52. The van der Waals surface area contributed by atoms with Crippen molar-refractivity contribution >= 4 is 40.6 Å². The van der Waals surface area contributed by atoms with Gasteiger partial charge in [-0.05, 0) is 61.0 Å². The van der Waals surface area contributed by atoms with Gasteiger partial charge in [0, 0.05) is 11.4 Å². The molecule has 7 nitrogen and oxygen atoms in total. The SMILES string of the molecule is COc1ccc(NCc2nnc(SCC(=O)Nc3ccccc3Cl)n2-c2cccc(C)c2)cc1. The summed E-state index contributed by atoms with van der Waals surface area (Å²) >= 11 is 7.47. The second-order valence-corrected chi connectivity index (χ2v) is 8.82. The molecule has 1 heterocycles. The van der Waals surface area contributed by atoms with Crippen molar-refractivity contribution in [2.75, 3.05) is 23.5 Å². The van der Waals surface area contributed by atoms with Crippen LogP contribution in [0.15, 0.2) is 78.0 Å². The number of ether oxygens (including phenoxy) is 1. The number of rotatable bonds is 9. The average molecular weight is 494 g/mol. The van der Waals surface area contributed by atoms with Gasteiger partial charge in [-0.2, -0.15) is 0 Å². The van der Waals surface area contributed by atoms with Gasteiger partial charge in [0.05, 0.1) is 30.1 Å². The molecule has 0 aliphatic heterocycles. The first-order chi connectivity index (χ1) is 16.5. The third-order valence-electron chi connectivity index (χ3n) is 4.98. The van der Waals surface area contributed by atoms with E-state index in [9.17, 15) is 4.79 Å². The van der Waals surface area contributed by atoms with Crippen molar-refractivity contribution in [2.45, 2.75) is 18.6 Å². The number of thioether (sulfide) groups is 1. The fraction of sp³-hybridized carbons (Fsp3) is 0.160. The molecular formula is C25H24ClN5O2S. The van der Waals surface area contributed by atoms with E-state index in [1.807, 2.05) is 66.1 Å². The molecule has 9 heteroatoms. The molecule has 4 aromatic rings. The number of anilines is 2. The maximum atomic E-state index is 12.5. The first kappa shape index (κ1) is 23.7. The van der Waals surface area contributed by atoms with Crippen LogP contribution in [0.1, 0.15) is 11.4 Å². The van der Waals surface area contributed by atoms with E-state index < -0.39 is 0 Å². The van der Waals surface area contributed by atoms with Gasteiger partial charge < -0.3 is 15.4 Å². The zero-order chi connectivity index (χ0) is 23.9. The standard InChI is InChI=1S/C25H24ClN5O2S/c1-17-6-5-7-19(14-17)31-23(15-27-18-10-12-20(33-2)13-11-18)29-30-25(31)34-16-24(32)28-22-9-4-3-8-21(22)26/h3-14,27H,15-16H2,1-2H3,(H,28,32). The van der Waals surface area contributed by atoms with Crippen LogP contribution >= 0.6 is 23.4 Å². The Kier molecular flexibility index (Phi) is 7.72. The summed E-state index contributed by atoms with van der Waals surface area (Å²) in [6, 6.07) is 22.9. The highest BCUT2D eigenvalue weighted by molar-refractivity contribution is 7.99. The van der Waals surface area contributed by atoms with E-state index in [0.717, 1.165) is 28.5 Å². The van der Waals surface area contributed by atoms with Crippen LogP contribution in [0.3, 0.4) is 0 Å². The van der Waals surface area contributed by atoms with Crippen LogP contribution in [0, 0.1) is 6.92 Å². The molecule has 0 spiro atoms. The third-order valence-corrected chi connectivity index (χ3v) is 6.24. The Morgan fingerprint density at radius 1 is 1.06 bits per heavy atom. The van der Waals surface area contributed by atoms with Crippen LogP contribution in [0.5, 0.6) is 5.75 Å². The van der Waals surface area contributed by atoms with Crippen molar-refractivity contribution in [3.05, 3.63) is 89.2 Å². The quantitative estimate of drug-likeness (QED) is 0.296. The lowest BCUT2D eigenvalue weighted by Crippen LogP contribution is -2.15. The van der Waals surface area contributed by atoms with Gasteiger partial charge in [0.25, 0.3) is 0 Å². The van der Waals surface area contributed by atoms with E-state index in [0.29, 0.717) is 22.4 Å². The third kappa shape index (κ3) is 5.89. The van der Waals surface area contributed by atoms with Crippen LogP contribution in [-0.2, 0) is 11.3 Å². The molecule has 0 radical (unpaired) electrons. The summed E-state index contributed by atoms with van der Waals surface area (Å²) in [5, 5.41) is 16.1. The molecule has 174 valence electrons. The number of methoxy groups -OCH3 is 1. The minimum atomic E-state index is -0.171. The minimum Gasteiger partial charge on any atom is -0.497 e. The monoisotopic (exact) mass is 493 g/mol. The molecule has 0 unspecified atom stereocenters. The summed E-state index contributed by atoms with van der Waals surface area (Å²) in [4.78, 5) is 12.5. The Morgan fingerprint density at radius 3 is 2.59 bits per heavy atom. The number of aryl methyl sites for hydroxylation is 1. The molecule has 0 saturated heterocycles. The largest absolute Gasteiger partial charge is 0.497 e. The summed E-state index contributed by atoms with van der Waals surface area (Å²) in [7, 11) is 1.64. The Bertz CT molecular complexity index is 1280. The van der Waals surface area contributed by atoms with Crippen LogP contribution < -0.4 is 15.4 Å². The average Bonchev–Trinajstić information content (AvgIpc) is 3.26. The number of halogens is 1. The van der Waals surface area contributed by atoms with Crippen molar-refractivity contribution in [1.29, 1.82) is 0 Å². The molecule has 0 fully saturated rings. The van der Waals surface area contributed by atoms with Crippen LogP contribution in [0.25, 0.3) is 5.69 Å². The molecule has 0 atom stereocenters. The van der Waals surface area contributed by atoms with E-state index >= 15 is 0 Å². The maximum absolute atomic E-state index is 12.5. The number of nitrogens with zero attached hydrogens (tertiary/aromatic N) is 3. The Labute approximate surface area is 207 Å². The molecule has 4 rings (SSSR count). The van der Waals surface area contributed by atoms with Crippen molar-refractivity contribution in [1.82, 2.24) is 14.8 Å². The van der Waals surface area contributed by atoms with Gasteiger partial charge in [0.2, 0.25) is 5.91 Å². The summed E-state index contributed by atoms with van der Waals surface area (Å²) in [6.45, 7) is 2.49. The molecule has 1 aromatic heterocycles. The van der Waals surface area contributed by atoms with Gasteiger partial charge in [0.15, 0.2) is 11.0 Å². The second kappa shape index (κ2) is 11.1. The van der Waals surface area contributed by atoms with Gasteiger partial charge in [-0.3, -0.25) is 9.36 Å². The topological polar surface area (TPSA) is 81.1 Å². The molecule has 0 bridgehead atoms. The van der Waals surface area contributed by atoms with E-state index in [1.54, 1.807) is 19.2 Å². The normalized spacial score (nSPS) is 10.7. The smallest absolute Gasteiger partial charge is 0.234 e. The van der Waals surface area contributed by atoms with Gasteiger partial charge in [-0.1, -0.05) is 47.6 Å². The Hall–Kier alpha value is -3.49. The lowest BCUT2D eigenvalue weighted by molar-refractivity contribution is -0.113. The lowest BCUT2D eigenvalue weighted by atomic mass is 10.2. The highest BCUT2D eigenvalue weighted by Gasteiger charge is 2.16.